The van der Waals surface area contributed by atoms with Crippen LogP contribution in [0, 0.1) is 0 Å². The first-order valence-corrected chi connectivity index (χ1v) is 5.17. The standard InChI is InChI=1S/C6H13NO4S/c1-6(8)12(9,10)5-4-11-3-2-7/h2-5,7H2,1H3. The highest BCUT2D eigenvalue weighted by Gasteiger charge is 2.15. The molecule has 0 saturated heterocycles. The fourth-order valence-electron chi connectivity index (χ4n) is 0.498. The monoisotopic (exact) mass is 195 g/mol. The van der Waals surface area contributed by atoms with Gasteiger partial charge in [0.1, 0.15) is 0 Å². The molecule has 0 aromatic carbocycles. The van der Waals surface area contributed by atoms with Gasteiger partial charge < -0.3 is 10.5 Å². The minimum atomic E-state index is -3.58. The number of ether oxygens (including phenoxy) is 1. The lowest BCUT2D eigenvalue weighted by Gasteiger charge is -2.00. The van der Waals surface area contributed by atoms with E-state index in [0.717, 1.165) is 6.92 Å². The molecule has 0 radical (unpaired) electrons. The van der Waals surface area contributed by atoms with Gasteiger partial charge in [-0.2, -0.15) is 0 Å². The Hall–Kier alpha value is -0.460. The van der Waals surface area contributed by atoms with E-state index >= 15 is 0 Å². The number of rotatable bonds is 5. The summed E-state index contributed by atoms with van der Waals surface area (Å²) in [5.74, 6) is -0.262. The molecule has 0 amide bonds. The molecule has 0 spiro atoms. The normalized spacial score (nSPS) is 11.5. The Morgan fingerprint density at radius 1 is 1.42 bits per heavy atom. The van der Waals surface area contributed by atoms with Gasteiger partial charge in [-0.15, -0.1) is 0 Å². The van der Waals surface area contributed by atoms with Gasteiger partial charge in [0.05, 0.1) is 19.0 Å². The molecule has 0 aromatic heterocycles. The van der Waals surface area contributed by atoms with Gasteiger partial charge in [-0.3, -0.25) is 4.79 Å². The van der Waals surface area contributed by atoms with E-state index in [9.17, 15) is 13.2 Å². The molecule has 0 saturated carbocycles. The summed E-state index contributed by atoms with van der Waals surface area (Å²) in [5, 5.41) is -0.821. The van der Waals surface area contributed by atoms with Crippen molar-refractivity contribution in [2.45, 2.75) is 6.92 Å². The van der Waals surface area contributed by atoms with E-state index in [-0.39, 0.29) is 12.4 Å². The second-order valence-electron chi connectivity index (χ2n) is 2.21. The molecule has 0 heterocycles. The summed E-state index contributed by atoms with van der Waals surface area (Å²) in [4.78, 5) is 10.5. The van der Waals surface area contributed by atoms with Gasteiger partial charge in [0, 0.05) is 13.5 Å². The van der Waals surface area contributed by atoms with Crippen LogP contribution in [-0.2, 0) is 19.4 Å². The number of hydrogen-bond acceptors (Lipinski definition) is 5. The zero-order valence-electron chi connectivity index (χ0n) is 6.95. The predicted molar refractivity (Wildman–Crippen MR) is 44.3 cm³/mol. The molecular formula is C6H13NO4S. The van der Waals surface area contributed by atoms with Gasteiger partial charge in [-0.1, -0.05) is 0 Å². The van der Waals surface area contributed by atoms with E-state index in [0.29, 0.717) is 13.2 Å². The van der Waals surface area contributed by atoms with Crippen molar-refractivity contribution >= 4 is 15.0 Å². The molecule has 0 atom stereocenters. The molecule has 6 heteroatoms. The third-order valence-corrected chi connectivity index (χ3v) is 2.78. The molecule has 5 nitrogen and oxygen atoms in total. The topological polar surface area (TPSA) is 86.5 Å². The molecule has 12 heavy (non-hydrogen) atoms. The predicted octanol–water partition coefficient (Wildman–Crippen LogP) is -1.08. The van der Waals surface area contributed by atoms with Gasteiger partial charge >= 0.3 is 0 Å². The minimum absolute atomic E-state index is 0.0269. The second-order valence-corrected chi connectivity index (χ2v) is 4.42. The van der Waals surface area contributed by atoms with E-state index < -0.39 is 15.0 Å². The molecule has 0 aliphatic carbocycles. The molecule has 0 aromatic rings. The minimum Gasteiger partial charge on any atom is -0.379 e. The Kier molecular flexibility index (Phi) is 5.03. The zero-order chi connectivity index (χ0) is 9.61. The first-order valence-electron chi connectivity index (χ1n) is 3.52. The molecule has 0 unspecified atom stereocenters. The maximum Gasteiger partial charge on any atom is 0.243 e. The third-order valence-electron chi connectivity index (χ3n) is 1.20. The summed E-state index contributed by atoms with van der Waals surface area (Å²) >= 11 is 0. The highest BCUT2D eigenvalue weighted by Crippen LogP contribution is 1.91. The van der Waals surface area contributed by atoms with Gasteiger partial charge in [0.2, 0.25) is 15.0 Å². The van der Waals surface area contributed by atoms with E-state index in [2.05, 4.69) is 0 Å². The van der Waals surface area contributed by atoms with Crippen LogP contribution in [0.15, 0.2) is 0 Å². The van der Waals surface area contributed by atoms with E-state index in [1.54, 1.807) is 0 Å². The smallest absolute Gasteiger partial charge is 0.243 e. The largest absolute Gasteiger partial charge is 0.379 e. The molecular weight excluding hydrogens is 182 g/mol. The number of hydrogen-bond donors (Lipinski definition) is 1. The Morgan fingerprint density at radius 2 is 2.00 bits per heavy atom. The van der Waals surface area contributed by atoms with Crippen molar-refractivity contribution in [1.82, 2.24) is 0 Å². The van der Waals surface area contributed by atoms with Crippen molar-refractivity contribution < 1.29 is 17.9 Å². The van der Waals surface area contributed by atoms with Gasteiger partial charge in [-0.25, -0.2) is 8.42 Å². The second kappa shape index (κ2) is 5.23. The molecule has 0 aliphatic heterocycles. The SMILES string of the molecule is CC(=O)S(=O)(=O)CCOCCN. The fraction of sp³-hybridized carbons (Fsp3) is 0.833. The molecule has 2 N–H and O–H groups in total. The highest BCUT2D eigenvalue weighted by molar-refractivity contribution is 8.06. The fourth-order valence-corrected chi connectivity index (χ4v) is 1.12. The average Bonchev–Trinajstić information content (AvgIpc) is 1.98. The molecule has 0 fully saturated rings. The van der Waals surface area contributed by atoms with Gasteiger partial charge in [0.25, 0.3) is 0 Å². The highest BCUT2D eigenvalue weighted by atomic mass is 32.2. The molecule has 0 rings (SSSR count). The Bertz CT molecular complexity index is 234. The lowest BCUT2D eigenvalue weighted by molar-refractivity contribution is -0.109. The van der Waals surface area contributed by atoms with Crippen LogP contribution in [0.2, 0.25) is 0 Å². The summed E-state index contributed by atoms with van der Waals surface area (Å²) < 4.78 is 26.5. The third kappa shape index (κ3) is 4.42. The van der Waals surface area contributed by atoms with E-state index in [1.165, 1.54) is 0 Å². The van der Waals surface area contributed by atoms with Crippen LogP contribution in [-0.4, -0.2) is 39.0 Å². The maximum atomic E-state index is 10.8. The molecule has 0 aliphatic rings. The molecule has 0 bridgehead atoms. The van der Waals surface area contributed by atoms with Crippen LogP contribution >= 0.6 is 0 Å². The number of sulfone groups is 1. The average molecular weight is 195 g/mol. The van der Waals surface area contributed by atoms with Crippen molar-refractivity contribution in [3.8, 4) is 0 Å². The summed E-state index contributed by atoms with van der Waals surface area (Å²) in [7, 11) is -3.58. The zero-order valence-corrected chi connectivity index (χ0v) is 7.76. The summed E-state index contributed by atoms with van der Waals surface area (Å²) in [5.41, 5.74) is 5.10. The molecule has 72 valence electrons. The Balaban J connectivity index is 3.71. The lowest BCUT2D eigenvalue weighted by atomic mass is 10.7. The van der Waals surface area contributed by atoms with Crippen molar-refractivity contribution in [2.75, 3.05) is 25.5 Å². The van der Waals surface area contributed by atoms with E-state index in [4.69, 9.17) is 10.5 Å². The van der Waals surface area contributed by atoms with Crippen molar-refractivity contribution in [2.24, 2.45) is 5.73 Å². The summed E-state index contributed by atoms with van der Waals surface area (Å²) in [6.45, 7) is 1.71. The quantitative estimate of drug-likeness (QED) is 0.564. The number of nitrogens with two attached hydrogens (primary N) is 1. The van der Waals surface area contributed by atoms with Crippen LogP contribution in [0.5, 0.6) is 0 Å². The summed E-state index contributed by atoms with van der Waals surface area (Å²) in [6.07, 6.45) is 0. The van der Waals surface area contributed by atoms with Crippen LogP contribution < -0.4 is 5.73 Å². The Morgan fingerprint density at radius 3 is 2.42 bits per heavy atom. The summed E-state index contributed by atoms with van der Waals surface area (Å²) in [6, 6.07) is 0. The number of carbonyl (C=O) groups excluding carboxylic acids is 1. The first-order chi connectivity index (χ1) is 5.50. The van der Waals surface area contributed by atoms with Crippen LogP contribution in [0.1, 0.15) is 6.92 Å². The van der Waals surface area contributed by atoms with Crippen molar-refractivity contribution in [1.29, 1.82) is 0 Å². The van der Waals surface area contributed by atoms with Crippen molar-refractivity contribution in [3.63, 3.8) is 0 Å². The van der Waals surface area contributed by atoms with Crippen LogP contribution in [0.3, 0.4) is 0 Å². The van der Waals surface area contributed by atoms with Crippen LogP contribution in [0.25, 0.3) is 0 Å². The van der Waals surface area contributed by atoms with E-state index in [1.807, 2.05) is 0 Å². The van der Waals surface area contributed by atoms with Crippen LogP contribution in [0.4, 0.5) is 0 Å². The number of carbonyl (C=O) groups is 1. The maximum absolute atomic E-state index is 10.8. The van der Waals surface area contributed by atoms with Gasteiger partial charge in [-0.05, 0) is 0 Å². The first kappa shape index (κ1) is 11.5. The lowest BCUT2D eigenvalue weighted by Crippen LogP contribution is -2.20. The van der Waals surface area contributed by atoms with Gasteiger partial charge in [0.15, 0.2) is 0 Å². The Labute approximate surface area is 71.8 Å². The van der Waals surface area contributed by atoms with Crippen molar-refractivity contribution in [3.05, 3.63) is 0 Å².